The molecule has 3 aromatic carbocycles. The van der Waals surface area contributed by atoms with Gasteiger partial charge in [-0.15, -0.1) is 10.2 Å². The Kier molecular flexibility index (Phi) is 9.17. The van der Waals surface area contributed by atoms with E-state index in [-0.39, 0.29) is 42.7 Å². The van der Waals surface area contributed by atoms with Crippen molar-refractivity contribution in [3.05, 3.63) is 106 Å². The number of aryl methyl sites for hydroxylation is 2. The molecule has 1 heterocycles. The quantitative estimate of drug-likeness (QED) is 0.273. The second-order valence-electron chi connectivity index (χ2n) is 8.67. The molecule has 0 saturated heterocycles. The molecule has 1 amide bonds. The Hall–Kier alpha value is -4.53. The fourth-order valence-corrected chi connectivity index (χ4v) is 3.86. The van der Waals surface area contributed by atoms with Gasteiger partial charge in [0.15, 0.2) is 17.3 Å². The topological polar surface area (TPSA) is 106 Å². The highest BCUT2D eigenvalue weighted by Gasteiger charge is 2.12. The van der Waals surface area contributed by atoms with Crippen molar-refractivity contribution in [3.63, 3.8) is 0 Å². The first-order chi connectivity index (χ1) is 18.5. The summed E-state index contributed by atoms with van der Waals surface area (Å²) in [4.78, 5) is 27.5. The first-order valence-electron chi connectivity index (χ1n) is 12.3. The number of aromatic nitrogens is 3. The van der Waals surface area contributed by atoms with Crippen molar-refractivity contribution in [2.75, 3.05) is 13.7 Å². The van der Waals surface area contributed by atoms with Crippen LogP contribution in [0.15, 0.2) is 77.6 Å². The minimum atomic E-state index is -0.405. The van der Waals surface area contributed by atoms with Gasteiger partial charge < -0.3 is 19.8 Å². The average Bonchev–Trinajstić information content (AvgIpc) is 2.94. The molecule has 196 valence electrons. The lowest BCUT2D eigenvalue weighted by Crippen LogP contribution is -2.26. The summed E-state index contributed by atoms with van der Waals surface area (Å²) in [5.74, 6) is 0.677. The largest absolute Gasteiger partial charge is 0.493 e. The summed E-state index contributed by atoms with van der Waals surface area (Å²) in [6, 6.07) is 21.3. The Labute approximate surface area is 219 Å². The van der Waals surface area contributed by atoms with Gasteiger partial charge >= 0.3 is 0 Å². The molecule has 0 fully saturated rings. The molecule has 0 atom stereocenters. The Morgan fingerprint density at radius 2 is 1.76 bits per heavy atom. The van der Waals surface area contributed by atoms with Crippen LogP contribution in [0.1, 0.15) is 29.7 Å². The normalized spacial score (nSPS) is 10.7. The highest BCUT2D eigenvalue weighted by atomic mass is 19.1. The number of nitrogens with zero attached hydrogens (tertiary/aromatic N) is 2. The number of hydrogen-bond acceptors (Lipinski definition) is 6. The molecule has 0 bridgehead atoms. The number of amides is 1. The number of rotatable bonds is 12. The number of benzene rings is 3. The van der Waals surface area contributed by atoms with E-state index in [0.29, 0.717) is 29.2 Å². The molecular weight excluding hydrogens is 487 g/mol. The van der Waals surface area contributed by atoms with E-state index in [0.717, 1.165) is 12.8 Å². The van der Waals surface area contributed by atoms with Crippen LogP contribution in [0, 0.1) is 5.82 Å². The molecule has 0 spiro atoms. The van der Waals surface area contributed by atoms with Gasteiger partial charge in [-0.25, -0.2) is 4.39 Å². The predicted molar refractivity (Wildman–Crippen MR) is 141 cm³/mol. The Morgan fingerprint density at radius 1 is 0.947 bits per heavy atom. The summed E-state index contributed by atoms with van der Waals surface area (Å²) in [6.45, 7) is 0.734. The first-order valence-corrected chi connectivity index (χ1v) is 12.3. The Bertz CT molecular complexity index is 1430. The van der Waals surface area contributed by atoms with Crippen molar-refractivity contribution in [3.8, 4) is 22.9 Å². The smallest absolute Gasteiger partial charge is 0.273 e. The SMILES string of the molecule is COc1cc(-c2nnc(CCC(=O)NCCCc3ccccc3)c(=O)[nH]2)ccc1OCc1cccc(F)c1. The van der Waals surface area contributed by atoms with E-state index in [9.17, 15) is 14.0 Å². The summed E-state index contributed by atoms with van der Waals surface area (Å²) >= 11 is 0. The van der Waals surface area contributed by atoms with Crippen molar-refractivity contribution in [1.29, 1.82) is 0 Å². The number of carbonyl (C=O) groups is 1. The zero-order chi connectivity index (χ0) is 26.7. The van der Waals surface area contributed by atoms with Crippen LogP contribution in [0.3, 0.4) is 0 Å². The van der Waals surface area contributed by atoms with Gasteiger partial charge in [-0.1, -0.05) is 42.5 Å². The van der Waals surface area contributed by atoms with Crippen LogP contribution in [-0.4, -0.2) is 34.7 Å². The Balaban J connectivity index is 1.30. The van der Waals surface area contributed by atoms with Crippen molar-refractivity contribution >= 4 is 5.91 Å². The lowest BCUT2D eigenvalue weighted by Gasteiger charge is -2.12. The zero-order valence-electron chi connectivity index (χ0n) is 21.1. The Morgan fingerprint density at radius 3 is 2.53 bits per heavy atom. The fraction of sp³-hybridized carbons (Fsp3) is 0.241. The third kappa shape index (κ3) is 7.49. The van der Waals surface area contributed by atoms with Crippen molar-refractivity contribution in [2.24, 2.45) is 0 Å². The maximum atomic E-state index is 13.4. The summed E-state index contributed by atoms with van der Waals surface area (Å²) in [6.07, 6.45) is 2.05. The maximum absolute atomic E-state index is 13.4. The van der Waals surface area contributed by atoms with E-state index < -0.39 is 5.56 Å². The van der Waals surface area contributed by atoms with Crippen LogP contribution in [-0.2, 0) is 24.2 Å². The predicted octanol–water partition coefficient (Wildman–Crippen LogP) is 4.24. The molecule has 8 nitrogen and oxygen atoms in total. The number of H-pyrrole nitrogens is 1. The summed E-state index contributed by atoms with van der Waals surface area (Å²) < 4.78 is 24.6. The summed E-state index contributed by atoms with van der Waals surface area (Å²) in [7, 11) is 1.50. The third-order valence-corrected chi connectivity index (χ3v) is 5.88. The zero-order valence-corrected chi connectivity index (χ0v) is 21.1. The van der Waals surface area contributed by atoms with Gasteiger partial charge in [-0.05, 0) is 54.3 Å². The molecular formula is C29H29FN4O4. The molecule has 0 aliphatic rings. The number of methoxy groups -OCH3 is 1. The van der Waals surface area contributed by atoms with Gasteiger partial charge in [0.2, 0.25) is 5.91 Å². The fourth-order valence-electron chi connectivity index (χ4n) is 3.86. The molecule has 38 heavy (non-hydrogen) atoms. The van der Waals surface area contributed by atoms with Crippen LogP contribution in [0.25, 0.3) is 11.4 Å². The number of nitrogens with one attached hydrogen (secondary N) is 2. The number of ether oxygens (including phenoxy) is 2. The molecule has 0 unspecified atom stereocenters. The molecule has 4 rings (SSSR count). The molecule has 0 aliphatic heterocycles. The second-order valence-corrected chi connectivity index (χ2v) is 8.67. The van der Waals surface area contributed by atoms with E-state index in [4.69, 9.17) is 9.47 Å². The molecule has 4 aromatic rings. The summed E-state index contributed by atoms with van der Waals surface area (Å²) in [5, 5.41) is 11.1. The van der Waals surface area contributed by atoms with Crippen molar-refractivity contribution < 1.29 is 18.7 Å². The minimum Gasteiger partial charge on any atom is -0.493 e. The molecule has 1 aromatic heterocycles. The van der Waals surface area contributed by atoms with Crippen molar-refractivity contribution in [1.82, 2.24) is 20.5 Å². The standard InChI is InChI=1S/C29H29FN4O4/c1-37-26-18-22(12-14-25(26)38-19-21-9-5-11-23(30)17-21)28-32-29(36)24(33-34-28)13-15-27(35)31-16-6-10-20-7-3-2-4-8-20/h2-5,7-9,11-12,14,17-18H,6,10,13,15-16,19H2,1H3,(H,31,35)(H,32,34,36). The summed E-state index contributed by atoms with van der Waals surface area (Å²) in [5.41, 5.74) is 2.27. The minimum absolute atomic E-state index is 0.137. The van der Waals surface area contributed by atoms with Crippen LogP contribution in [0.5, 0.6) is 11.5 Å². The molecule has 0 aliphatic carbocycles. The van der Waals surface area contributed by atoms with Gasteiger partial charge in [-0.2, -0.15) is 0 Å². The number of carbonyl (C=O) groups excluding carboxylic acids is 1. The van der Waals surface area contributed by atoms with E-state index in [1.165, 1.54) is 24.8 Å². The third-order valence-electron chi connectivity index (χ3n) is 5.88. The highest BCUT2D eigenvalue weighted by Crippen LogP contribution is 2.31. The van der Waals surface area contributed by atoms with E-state index in [1.54, 1.807) is 30.3 Å². The van der Waals surface area contributed by atoms with Gasteiger partial charge in [0.1, 0.15) is 18.1 Å². The molecule has 9 heteroatoms. The monoisotopic (exact) mass is 516 g/mol. The van der Waals surface area contributed by atoms with Crippen LogP contribution in [0.4, 0.5) is 4.39 Å². The molecule has 2 N–H and O–H groups in total. The average molecular weight is 517 g/mol. The molecule has 0 radical (unpaired) electrons. The first kappa shape index (κ1) is 26.5. The van der Waals surface area contributed by atoms with E-state index in [2.05, 4.69) is 32.6 Å². The second kappa shape index (κ2) is 13.1. The number of aromatic amines is 1. The van der Waals surface area contributed by atoms with Crippen LogP contribution >= 0.6 is 0 Å². The van der Waals surface area contributed by atoms with Gasteiger partial charge in [0.25, 0.3) is 5.56 Å². The van der Waals surface area contributed by atoms with Gasteiger partial charge in [0.05, 0.1) is 7.11 Å². The van der Waals surface area contributed by atoms with E-state index >= 15 is 0 Å². The van der Waals surface area contributed by atoms with Crippen LogP contribution in [0.2, 0.25) is 0 Å². The van der Waals surface area contributed by atoms with Gasteiger partial charge in [-0.3, -0.25) is 9.59 Å². The van der Waals surface area contributed by atoms with Crippen molar-refractivity contribution in [2.45, 2.75) is 32.3 Å². The van der Waals surface area contributed by atoms with E-state index in [1.807, 2.05) is 18.2 Å². The number of hydrogen-bond donors (Lipinski definition) is 2. The van der Waals surface area contributed by atoms with Crippen LogP contribution < -0.4 is 20.3 Å². The maximum Gasteiger partial charge on any atom is 0.273 e. The number of halogens is 1. The lowest BCUT2D eigenvalue weighted by molar-refractivity contribution is -0.121. The van der Waals surface area contributed by atoms with Gasteiger partial charge in [0, 0.05) is 24.9 Å². The molecule has 0 saturated carbocycles. The highest BCUT2D eigenvalue weighted by molar-refractivity contribution is 5.76. The lowest BCUT2D eigenvalue weighted by atomic mass is 10.1.